The van der Waals surface area contributed by atoms with Crippen LogP contribution >= 0.6 is 15.9 Å². The molecule has 1 aromatic carbocycles. The van der Waals surface area contributed by atoms with Gasteiger partial charge in [-0.3, -0.25) is 10.1 Å². The fraction of sp³-hybridized carbons (Fsp3) is 0.0769. The van der Waals surface area contributed by atoms with Crippen molar-refractivity contribution in [3.8, 4) is 11.6 Å². The van der Waals surface area contributed by atoms with Crippen molar-refractivity contribution in [1.82, 2.24) is 4.98 Å². The molecule has 21 heavy (non-hydrogen) atoms. The molecule has 1 heterocycles. The van der Waals surface area contributed by atoms with E-state index in [2.05, 4.69) is 20.9 Å². The van der Waals surface area contributed by atoms with Crippen molar-refractivity contribution in [1.29, 1.82) is 0 Å². The first-order chi connectivity index (χ1) is 9.88. The molecule has 0 spiro atoms. The Kier molecular flexibility index (Phi) is 4.18. The molecule has 0 saturated carbocycles. The number of aromatic nitrogens is 1. The first kappa shape index (κ1) is 14.9. The summed E-state index contributed by atoms with van der Waals surface area (Å²) in [6.45, 7) is 1.52. The van der Waals surface area contributed by atoms with Gasteiger partial charge in [0.2, 0.25) is 11.6 Å². The summed E-state index contributed by atoms with van der Waals surface area (Å²) in [5.41, 5.74) is 0.0959. The Bertz CT molecular complexity index is 732. The number of aromatic carboxylic acids is 1. The summed E-state index contributed by atoms with van der Waals surface area (Å²) < 4.78 is 5.92. The molecule has 0 amide bonds. The van der Waals surface area contributed by atoms with Crippen LogP contribution in [0.5, 0.6) is 11.6 Å². The molecule has 1 N–H and O–H groups in total. The van der Waals surface area contributed by atoms with Gasteiger partial charge in [-0.2, -0.15) is 0 Å². The van der Waals surface area contributed by atoms with Crippen LogP contribution in [0.1, 0.15) is 16.1 Å². The van der Waals surface area contributed by atoms with Gasteiger partial charge in [0.1, 0.15) is 0 Å². The summed E-state index contributed by atoms with van der Waals surface area (Å²) in [7, 11) is 0. The molecule has 108 valence electrons. The van der Waals surface area contributed by atoms with Crippen LogP contribution in [0.4, 0.5) is 5.69 Å². The Morgan fingerprint density at radius 2 is 2.10 bits per heavy atom. The highest BCUT2D eigenvalue weighted by molar-refractivity contribution is 9.10. The molecule has 8 heteroatoms. The molecule has 0 fully saturated rings. The lowest BCUT2D eigenvalue weighted by atomic mass is 10.2. The number of hydrogen-bond acceptors (Lipinski definition) is 5. The third-order valence-electron chi connectivity index (χ3n) is 2.62. The number of aryl methyl sites for hydroxylation is 1. The highest BCUT2D eigenvalue weighted by Crippen LogP contribution is 2.33. The molecule has 1 aromatic heterocycles. The van der Waals surface area contributed by atoms with Gasteiger partial charge in [-0.1, -0.05) is 15.9 Å². The minimum atomic E-state index is -1.10. The zero-order valence-corrected chi connectivity index (χ0v) is 12.3. The van der Waals surface area contributed by atoms with Crippen molar-refractivity contribution in [3.05, 3.63) is 56.2 Å². The number of nitro benzene ring substituents is 1. The van der Waals surface area contributed by atoms with Gasteiger partial charge in [0.05, 0.1) is 16.2 Å². The van der Waals surface area contributed by atoms with Gasteiger partial charge in [-0.05, 0) is 25.1 Å². The average Bonchev–Trinajstić information content (AvgIpc) is 2.40. The molecule has 0 radical (unpaired) electrons. The SMILES string of the molecule is Cc1nc(Oc2ccc(Br)cc2[N+](=O)[O-])ccc1C(=O)O. The van der Waals surface area contributed by atoms with Crippen LogP contribution in [0.3, 0.4) is 0 Å². The second kappa shape index (κ2) is 5.88. The summed E-state index contributed by atoms with van der Waals surface area (Å²) >= 11 is 3.15. The predicted octanol–water partition coefficient (Wildman–Crippen LogP) is 3.55. The monoisotopic (exact) mass is 352 g/mol. The lowest BCUT2D eigenvalue weighted by Crippen LogP contribution is -2.02. The van der Waals surface area contributed by atoms with Crippen molar-refractivity contribution in [3.63, 3.8) is 0 Å². The van der Waals surface area contributed by atoms with Crippen LogP contribution in [0, 0.1) is 17.0 Å². The van der Waals surface area contributed by atoms with Crippen molar-refractivity contribution < 1.29 is 19.6 Å². The lowest BCUT2D eigenvalue weighted by Gasteiger charge is -2.07. The number of halogens is 1. The van der Waals surface area contributed by atoms with Crippen LogP contribution in [-0.4, -0.2) is 21.0 Å². The maximum atomic E-state index is 11.0. The van der Waals surface area contributed by atoms with E-state index in [0.29, 0.717) is 4.47 Å². The summed E-state index contributed by atoms with van der Waals surface area (Å²) in [6.07, 6.45) is 0. The van der Waals surface area contributed by atoms with Gasteiger partial charge in [-0.15, -0.1) is 0 Å². The van der Waals surface area contributed by atoms with Gasteiger partial charge in [0.15, 0.2) is 0 Å². The zero-order chi connectivity index (χ0) is 15.6. The number of nitrogens with zero attached hydrogens (tertiary/aromatic N) is 2. The smallest absolute Gasteiger partial charge is 0.337 e. The quantitative estimate of drug-likeness (QED) is 0.666. The van der Waals surface area contributed by atoms with Crippen LogP contribution in [-0.2, 0) is 0 Å². The van der Waals surface area contributed by atoms with E-state index >= 15 is 0 Å². The number of carboxylic acid groups (broad SMARTS) is 1. The first-order valence-corrected chi connectivity index (χ1v) is 6.50. The van der Waals surface area contributed by atoms with Crippen molar-refractivity contribution in [2.24, 2.45) is 0 Å². The van der Waals surface area contributed by atoms with Gasteiger partial charge < -0.3 is 9.84 Å². The Balaban J connectivity index is 2.37. The number of ether oxygens (including phenoxy) is 1. The van der Waals surface area contributed by atoms with E-state index in [9.17, 15) is 14.9 Å². The molecule has 0 aliphatic carbocycles. The topological polar surface area (TPSA) is 103 Å². The van der Waals surface area contributed by atoms with Crippen molar-refractivity contribution in [2.75, 3.05) is 0 Å². The van der Waals surface area contributed by atoms with Crippen molar-refractivity contribution >= 4 is 27.6 Å². The lowest BCUT2D eigenvalue weighted by molar-refractivity contribution is -0.385. The zero-order valence-electron chi connectivity index (χ0n) is 10.7. The van der Waals surface area contributed by atoms with Gasteiger partial charge in [0, 0.05) is 16.6 Å². The summed E-state index contributed by atoms with van der Waals surface area (Å²) in [6, 6.07) is 7.03. The standard InChI is InChI=1S/C13H9BrN2O5/c1-7-9(13(17)18)3-5-12(15-7)21-11-4-2-8(14)6-10(11)16(19)20/h2-6H,1H3,(H,17,18). The molecular weight excluding hydrogens is 344 g/mol. The van der Waals surface area contributed by atoms with Gasteiger partial charge >= 0.3 is 11.7 Å². The molecule has 0 aliphatic heterocycles. The number of nitro groups is 1. The maximum absolute atomic E-state index is 11.0. The third kappa shape index (κ3) is 3.34. The Hall–Kier alpha value is -2.48. The second-order valence-electron chi connectivity index (χ2n) is 4.06. The second-order valence-corrected chi connectivity index (χ2v) is 4.97. The molecule has 2 aromatic rings. The fourth-order valence-corrected chi connectivity index (χ4v) is 2.00. The van der Waals surface area contributed by atoms with E-state index in [1.165, 1.54) is 31.2 Å². The fourth-order valence-electron chi connectivity index (χ4n) is 1.65. The molecule has 2 rings (SSSR count). The van der Waals surface area contributed by atoms with Crippen LogP contribution in [0.25, 0.3) is 0 Å². The molecule has 0 atom stereocenters. The van der Waals surface area contributed by atoms with Crippen LogP contribution < -0.4 is 4.74 Å². The van der Waals surface area contributed by atoms with Crippen LogP contribution in [0.15, 0.2) is 34.8 Å². The summed E-state index contributed by atoms with van der Waals surface area (Å²) in [4.78, 5) is 25.3. The number of carbonyl (C=O) groups is 1. The summed E-state index contributed by atoms with van der Waals surface area (Å²) in [5.74, 6) is -0.984. The van der Waals surface area contributed by atoms with E-state index in [0.717, 1.165) is 0 Å². The molecule has 7 nitrogen and oxygen atoms in total. The number of benzene rings is 1. The number of hydrogen-bond donors (Lipinski definition) is 1. The third-order valence-corrected chi connectivity index (χ3v) is 3.12. The minimum absolute atomic E-state index is 0.0261. The predicted molar refractivity (Wildman–Crippen MR) is 76.8 cm³/mol. The average molecular weight is 353 g/mol. The number of rotatable bonds is 4. The van der Waals surface area contributed by atoms with E-state index in [1.54, 1.807) is 6.07 Å². The number of pyridine rings is 1. The molecule has 0 bridgehead atoms. The minimum Gasteiger partial charge on any atom is -0.478 e. The Labute approximate surface area is 127 Å². The molecule has 0 unspecified atom stereocenters. The van der Waals surface area contributed by atoms with Gasteiger partial charge in [0.25, 0.3) is 0 Å². The van der Waals surface area contributed by atoms with Crippen LogP contribution in [0.2, 0.25) is 0 Å². The largest absolute Gasteiger partial charge is 0.478 e. The van der Waals surface area contributed by atoms with Gasteiger partial charge in [-0.25, -0.2) is 9.78 Å². The molecular formula is C13H9BrN2O5. The number of carboxylic acids is 1. The normalized spacial score (nSPS) is 10.2. The van der Waals surface area contributed by atoms with E-state index < -0.39 is 10.9 Å². The first-order valence-electron chi connectivity index (χ1n) is 5.71. The summed E-state index contributed by atoms with van der Waals surface area (Å²) in [5, 5.41) is 19.9. The van der Waals surface area contributed by atoms with E-state index in [-0.39, 0.29) is 28.6 Å². The molecule has 0 aliphatic rings. The highest BCUT2D eigenvalue weighted by Gasteiger charge is 2.17. The highest BCUT2D eigenvalue weighted by atomic mass is 79.9. The van der Waals surface area contributed by atoms with Crippen molar-refractivity contribution in [2.45, 2.75) is 6.92 Å². The molecule has 0 saturated heterocycles. The van der Waals surface area contributed by atoms with E-state index in [1.807, 2.05) is 0 Å². The van der Waals surface area contributed by atoms with E-state index in [4.69, 9.17) is 9.84 Å². The Morgan fingerprint density at radius 3 is 2.67 bits per heavy atom. The maximum Gasteiger partial charge on any atom is 0.337 e. The Morgan fingerprint density at radius 1 is 1.38 bits per heavy atom.